The van der Waals surface area contributed by atoms with Crippen molar-refractivity contribution >= 4 is 6.08 Å². The maximum Gasteiger partial charge on any atom is 2.00 e. The van der Waals surface area contributed by atoms with Gasteiger partial charge in [-0.3, -0.25) is 0 Å². The van der Waals surface area contributed by atoms with Crippen molar-refractivity contribution in [1.29, 1.82) is 0 Å². The summed E-state index contributed by atoms with van der Waals surface area (Å²) in [7, 11) is 0. The fourth-order valence-electron chi connectivity index (χ4n) is 4.18. The summed E-state index contributed by atoms with van der Waals surface area (Å²) in [5, 5.41) is 0. The normalized spacial score (nSPS) is 17.1. The van der Waals surface area contributed by atoms with E-state index in [1.165, 1.54) is 36.8 Å². The predicted octanol–water partition coefficient (Wildman–Crippen LogP) is 0.756. The van der Waals surface area contributed by atoms with Gasteiger partial charge in [0.25, 0.3) is 0 Å². The first-order valence-electron chi connectivity index (χ1n) is 9.22. The minimum Gasteiger partial charge on any atom is -1.00 e. The van der Waals surface area contributed by atoms with Gasteiger partial charge in [-0.2, -0.15) is 0 Å². The van der Waals surface area contributed by atoms with E-state index in [9.17, 15) is 0 Å². The Hall–Kier alpha value is -0.0969. The number of hydrogen-bond acceptors (Lipinski definition) is 0. The average molecular weight is 469 g/mol. The van der Waals surface area contributed by atoms with Crippen LogP contribution in [0.1, 0.15) is 74.6 Å². The standard InChI is InChI=1S/C23H30.2ClH.Zr/c1-5-6-7-10-18-14-13-17(2)20-15-16-21(22(18)20)23(3,4)19-11-8-9-12-19;;;/h8-9,11,13-16,21H,5-7,10,12H2,1-4H3;2*1H;/q;;;+2/p-2. The molecule has 0 nitrogen and oxygen atoms in total. The number of aryl methyl sites for hydroxylation is 2. The molecule has 2 aliphatic rings. The summed E-state index contributed by atoms with van der Waals surface area (Å²) in [5.41, 5.74) is 7.86. The number of benzene rings is 1. The van der Waals surface area contributed by atoms with Crippen molar-refractivity contribution in [2.45, 2.75) is 65.7 Å². The maximum atomic E-state index is 2.46. The molecule has 0 aliphatic heterocycles. The number of rotatable bonds is 6. The third-order valence-electron chi connectivity index (χ3n) is 5.79. The van der Waals surface area contributed by atoms with Gasteiger partial charge < -0.3 is 24.8 Å². The smallest absolute Gasteiger partial charge is 1.00 e. The molecule has 0 saturated heterocycles. The topological polar surface area (TPSA) is 0 Å². The van der Waals surface area contributed by atoms with Crippen LogP contribution in [-0.4, -0.2) is 0 Å². The molecule has 0 bridgehead atoms. The van der Waals surface area contributed by atoms with Crippen molar-refractivity contribution in [3.8, 4) is 0 Å². The quantitative estimate of drug-likeness (QED) is 0.541. The van der Waals surface area contributed by atoms with E-state index in [0.29, 0.717) is 5.92 Å². The minimum atomic E-state index is 0. The van der Waals surface area contributed by atoms with Crippen LogP contribution in [0.3, 0.4) is 0 Å². The molecule has 0 fully saturated rings. The molecule has 1 atom stereocenters. The van der Waals surface area contributed by atoms with Crippen LogP contribution in [0.25, 0.3) is 6.08 Å². The van der Waals surface area contributed by atoms with Crippen molar-refractivity contribution in [2.24, 2.45) is 5.41 Å². The van der Waals surface area contributed by atoms with Gasteiger partial charge in [0.1, 0.15) is 0 Å². The van der Waals surface area contributed by atoms with E-state index in [4.69, 9.17) is 0 Å². The van der Waals surface area contributed by atoms with E-state index in [1.807, 2.05) is 0 Å². The van der Waals surface area contributed by atoms with Crippen LogP contribution >= 0.6 is 0 Å². The third-order valence-corrected chi connectivity index (χ3v) is 5.79. The molecular weight excluding hydrogens is 438 g/mol. The zero-order valence-electron chi connectivity index (χ0n) is 16.4. The zero-order valence-corrected chi connectivity index (χ0v) is 20.4. The number of halogens is 2. The van der Waals surface area contributed by atoms with E-state index in [0.717, 1.165) is 6.42 Å². The zero-order chi connectivity index (χ0) is 16.4. The molecule has 140 valence electrons. The van der Waals surface area contributed by atoms with Crippen LogP contribution in [0.4, 0.5) is 0 Å². The van der Waals surface area contributed by atoms with Gasteiger partial charge in [0.15, 0.2) is 0 Å². The molecule has 1 aromatic carbocycles. The molecule has 3 heteroatoms. The van der Waals surface area contributed by atoms with Crippen LogP contribution in [0.5, 0.6) is 0 Å². The Kier molecular flexibility index (Phi) is 11.0. The Bertz CT molecular complexity index is 684. The van der Waals surface area contributed by atoms with Crippen LogP contribution in [0.15, 0.2) is 42.0 Å². The number of unbranched alkanes of at least 4 members (excludes halogenated alkanes) is 2. The monoisotopic (exact) mass is 466 g/mol. The second kappa shape index (κ2) is 11.0. The SMILES string of the molecule is CCCCCc1ccc(C)c2c1C(C(C)(C)C1=CC=CC1)C=C2.[Cl-].[Cl-].[Zr+2]. The summed E-state index contributed by atoms with van der Waals surface area (Å²) in [6.45, 7) is 9.39. The van der Waals surface area contributed by atoms with Gasteiger partial charge in [0.2, 0.25) is 0 Å². The summed E-state index contributed by atoms with van der Waals surface area (Å²) in [6, 6.07) is 4.71. The van der Waals surface area contributed by atoms with Crippen LogP contribution in [-0.2, 0) is 32.6 Å². The number of fused-ring (bicyclic) bond motifs is 1. The fourth-order valence-corrected chi connectivity index (χ4v) is 4.18. The second-order valence-electron chi connectivity index (χ2n) is 7.71. The molecular formula is C23H30Cl2Zr. The molecule has 0 heterocycles. The van der Waals surface area contributed by atoms with Crippen LogP contribution in [0.2, 0.25) is 0 Å². The van der Waals surface area contributed by atoms with Crippen molar-refractivity contribution < 1.29 is 51.0 Å². The third kappa shape index (κ3) is 5.03. The minimum absolute atomic E-state index is 0. The fraction of sp³-hybridized carbons (Fsp3) is 0.478. The van der Waals surface area contributed by atoms with E-state index >= 15 is 0 Å². The first-order valence-corrected chi connectivity index (χ1v) is 9.22. The summed E-state index contributed by atoms with van der Waals surface area (Å²) in [4.78, 5) is 0. The van der Waals surface area contributed by atoms with E-state index in [-0.39, 0.29) is 56.4 Å². The van der Waals surface area contributed by atoms with Crippen molar-refractivity contribution in [1.82, 2.24) is 0 Å². The molecule has 0 saturated carbocycles. The largest absolute Gasteiger partial charge is 2.00 e. The molecule has 2 aliphatic carbocycles. The molecule has 0 spiro atoms. The van der Waals surface area contributed by atoms with Gasteiger partial charge >= 0.3 is 26.2 Å². The molecule has 0 N–H and O–H groups in total. The first-order chi connectivity index (χ1) is 11.1. The molecule has 0 radical (unpaired) electrons. The van der Waals surface area contributed by atoms with E-state index in [2.05, 4.69) is 70.2 Å². The van der Waals surface area contributed by atoms with Gasteiger partial charge in [-0.05, 0) is 53.9 Å². The van der Waals surface area contributed by atoms with Crippen LogP contribution in [0, 0.1) is 12.3 Å². The maximum absolute atomic E-state index is 2.46. The van der Waals surface area contributed by atoms with Crippen LogP contribution < -0.4 is 24.8 Å². The summed E-state index contributed by atoms with van der Waals surface area (Å²) in [6.07, 6.45) is 17.9. The summed E-state index contributed by atoms with van der Waals surface area (Å²) in [5.74, 6) is 0.514. The van der Waals surface area contributed by atoms with Crippen molar-refractivity contribution in [3.63, 3.8) is 0 Å². The Balaban J connectivity index is 0.00000208. The van der Waals surface area contributed by atoms with Gasteiger partial charge in [0.05, 0.1) is 0 Å². The Morgan fingerprint density at radius 3 is 2.46 bits per heavy atom. The van der Waals surface area contributed by atoms with Gasteiger partial charge in [-0.15, -0.1) is 0 Å². The molecule has 1 aromatic rings. The van der Waals surface area contributed by atoms with Crippen molar-refractivity contribution in [2.75, 3.05) is 0 Å². The number of hydrogen-bond donors (Lipinski definition) is 0. The van der Waals surface area contributed by atoms with Crippen molar-refractivity contribution in [3.05, 3.63) is 64.3 Å². The Labute approximate surface area is 191 Å². The first kappa shape index (κ1) is 25.9. The van der Waals surface area contributed by atoms with Gasteiger partial charge in [-0.25, -0.2) is 0 Å². The summed E-state index contributed by atoms with van der Waals surface area (Å²) < 4.78 is 0. The molecule has 3 rings (SSSR count). The Morgan fingerprint density at radius 2 is 1.85 bits per heavy atom. The predicted molar refractivity (Wildman–Crippen MR) is 102 cm³/mol. The molecule has 1 unspecified atom stereocenters. The Morgan fingerprint density at radius 1 is 1.12 bits per heavy atom. The van der Waals surface area contributed by atoms with E-state index in [1.54, 1.807) is 16.7 Å². The van der Waals surface area contributed by atoms with E-state index < -0.39 is 0 Å². The summed E-state index contributed by atoms with van der Waals surface area (Å²) >= 11 is 0. The molecule has 26 heavy (non-hydrogen) atoms. The molecule has 0 amide bonds. The second-order valence-corrected chi connectivity index (χ2v) is 7.71. The van der Waals surface area contributed by atoms with Gasteiger partial charge in [-0.1, -0.05) is 81.7 Å². The molecule has 0 aromatic heterocycles. The number of allylic oxidation sites excluding steroid dienone is 5. The van der Waals surface area contributed by atoms with Gasteiger partial charge in [0, 0.05) is 5.92 Å². The average Bonchev–Trinajstić information content (AvgIpc) is 3.20.